The van der Waals surface area contributed by atoms with Crippen LogP contribution in [0.3, 0.4) is 0 Å². The van der Waals surface area contributed by atoms with Crippen LogP contribution in [0.25, 0.3) is 0 Å². The molecule has 2 aliphatic rings. The van der Waals surface area contributed by atoms with Gasteiger partial charge in [-0.25, -0.2) is 4.79 Å². The number of nitrogens with zero attached hydrogens (tertiary/aromatic N) is 2. The smallest absolute Gasteiger partial charge is 0.415 e. The van der Waals surface area contributed by atoms with Crippen molar-refractivity contribution in [1.82, 2.24) is 4.90 Å². The number of ether oxygens (including phenoxy) is 2. The Labute approximate surface area is 159 Å². The summed E-state index contributed by atoms with van der Waals surface area (Å²) in [6.45, 7) is 11.7. The van der Waals surface area contributed by atoms with Crippen LogP contribution in [0.5, 0.6) is 11.5 Å². The monoisotopic (exact) mass is 374 g/mol. The van der Waals surface area contributed by atoms with Crippen LogP contribution in [0.4, 0.5) is 10.5 Å². The summed E-state index contributed by atoms with van der Waals surface area (Å²) in [4.78, 5) is 29.4. The van der Waals surface area contributed by atoms with Crippen LogP contribution in [-0.4, -0.2) is 53.3 Å². The van der Waals surface area contributed by atoms with Gasteiger partial charge < -0.3 is 19.5 Å². The third-order valence-corrected chi connectivity index (χ3v) is 4.89. The average molecular weight is 374 g/mol. The quantitative estimate of drug-likeness (QED) is 0.763. The summed E-state index contributed by atoms with van der Waals surface area (Å²) in [5.41, 5.74) is 0.860. The highest BCUT2D eigenvalue weighted by atomic mass is 16.6. The summed E-state index contributed by atoms with van der Waals surface area (Å²) in [7, 11) is 1.41. The Morgan fingerprint density at radius 1 is 1.33 bits per heavy atom. The number of carbonyl (C=O) groups excluding carboxylic acids is 2. The minimum absolute atomic E-state index is 0.142. The first-order valence-electron chi connectivity index (χ1n) is 8.94. The third-order valence-electron chi connectivity index (χ3n) is 4.89. The highest BCUT2D eigenvalue weighted by Gasteiger charge is 2.45. The molecule has 1 aromatic carbocycles. The Morgan fingerprint density at radius 3 is 2.59 bits per heavy atom. The van der Waals surface area contributed by atoms with Crippen molar-refractivity contribution in [2.45, 2.75) is 51.8 Å². The summed E-state index contributed by atoms with van der Waals surface area (Å²) in [6, 6.07) is 2.31. The highest BCUT2D eigenvalue weighted by Crippen LogP contribution is 2.41. The third kappa shape index (κ3) is 3.34. The van der Waals surface area contributed by atoms with E-state index < -0.39 is 11.7 Å². The molecule has 1 aromatic rings. The zero-order chi connectivity index (χ0) is 20.1. The topological polar surface area (TPSA) is 79.3 Å². The Bertz CT molecular complexity index is 811. The summed E-state index contributed by atoms with van der Waals surface area (Å²) in [6.07, 6.45) is 0.0523. The maximum Gasteiger partial charge on any atom is 0.415 e. The number of phenols is 1. The maximum absolute atomic E-state index is 13.2. The van der Waals surface area contributed by atoms with Gasteiger partial charge in [0.25, 0.3) is 5.91 Å². The van der Waals surface area contributed by atoms with E-state index in [1.165, 1.54) is 24.1 Å². The number of amides is 2. The Hall–Kier alpha value is -2.70. The minimum Gasteiger partial charge on any atom is -0.504 e. The average Bonchev–Trinajstić information content (AvgIpc) is 2.91. The van der Waals surface area contributed by atoms with Gasteiger partial charge in [-0.2, -0.15) is 0 Å². The predicted molar refractivity (Wildman–Crippen MR) is 101 cm³/mol. The lowest BCUT2D eigenvalue weighted by Crippen LogP contribution is -2.50. The van der Waals surface area contributed by atoms with Crippen molar-refractivity contribution in [2.75, 3.05) is 18.6 Å². The van der Waals surface area contributed by atoms with E-state index in [1.54, 1.807) is 25.7 Å². The number of hydrogen-bond acceptors (Lipinski definition) is 5. The van der Waals surface area contributed by atoms with Gasteiger partial charge >= 0.3 is 6.09 Å². The van der Waals surface area contributed by atoms with E-state index in [0.717, 1.165) is 5.57 Å². The SMILES string of the molecule is C=C1C[C@H]2[C@H](C)N(C(=O)OC(C)(C)C)c3cc(O)c(OC)cc3C(=O)N2C1. The Balaban J connectivity index is 2.18. The molecule has 1 saturated heterocycles. The summed E-state index contributed by atoms with van der Waals surface area (Å²) in [5.74, 6) is -0.184. The summed E-state index contributed by atoms with van der Waals surface area (Å²) < 4.78 is 10.8. The molecule has 0 aromatic heterocycles. The fraction of sp³-hybridized carbons (Fsp3) is 0.500. The number of fused-ring (bicyclic) bond motifs is 2. The van der Waals surface area contributed by atoms with Crippen LogP contribution < -0.4 is 9.64 Å². The lowest BCUT2D eigenvalue weighted by Gasteiger charge is -2.34. The molecule has 0 spiro atoms. The van der Waals surface area contributed by atoms with E-state index in [4.69, 9.17) is 9.47 Å². The summed E-state index contributed by atoms with van der Waals surface area (Å²) >= 11 is 0. The fourth-order valence-corrected chi connectivity index (χ4v) is 3.70. The fourth-order valence-electron chi connectivity index (χ4n) is 3.70. The number of phenolic OH excluding ortho intramolecular Hbond substituents is 1. The van der Waals surface area contributed by atoms with Gasteiger partial charge in [0.1, 0.15) is 5.60 Å². The zero-order valence-corrected chi connectivity index (χ0v) is 16.4. The molecule has 0 radical (unpaired) electrons. The molecule has 3 rings (SSSR count). The standard InChI is InChI=1S/C20H26N2O5/c1-11-7-14-12(2)22(19(25)27-20(3,4)5)15-9-16(23)17(26-6)8-13(15)18(24)21(14)10-11/h8-9,12,14,23H,1,7,10H2,2-6H3/t12-,14-/m0/s1. The number of benzene rings is 1. The first-order chi connectivity index (χ1) is 12.5. The number of anilines is 1. The second-order valence-corrected chi connectivity index (χ2v) is 8.09. The lowest BCUT2D eigenvalue weighted by molar-refractivity contribution is 0.0542. The molecular weight excluding hydrogens is 348 g/mol. The maximum atomic E-state index is 13.2. The molecule has 1 fully saturated rings. The normalized spacial score (nSPS) is 22.3. The van der Waals surface area contributed by atoms with Crippen molar-refractivity contribution in [1.29, 1.82) is 0 Å². The van der Waals surface area contributed by atoms with E-state index in [1.807, 2.05) is 6.92 Å². The molecule has 2 atom stereocenters. The molecule has 7 nitrogen and oxygen atoms in total. The molecule has 7 heteroatoms. The van der Waals surface area contributed by atoms with Gasteiger partial charge in [-0.05, 0) is 40.2 Å². The van der Waals surface area contributed by atoms with Crippen molar-refractivity contribution >= 4 is 17.7 Å². The lowest BCUT2D eigenvalue weighted by atomic mass is 10.0. The van der Waals surface area contributed by atoms with E-state index in [9.17, 15) is 14.7 Å². The van der Waals surface area contributed by atoms with Crippen LogP contribution in [0.15, 0.2) is 24.3 Å². The molecule has 1 N–H and O–H groups in total. The van der Waals surface area contributed by atoms with Crippen LogP contribution in [-0.2, 0) is 4.74 Å². The van der Waals surface area contributed by atoms with E-state index in [0.29, 0.717) is 24.2 Å². The van der Waals surface area contributed by atoms with Crippen LogP contribution >= 0.6 is 0 Å². The van der Waals surface area contributed by atoms with Gasteiger partial charge in [-0.15, -0.1) is 0 Å². The predicted octanol–water partition coefficient (Wildman–Crippen LogP) is 3.32. The largest absolute Gasteiger partial charge is 0.504 e. The number of carbonyl (C=O) groups is 2. The first-order valence-corrected chi connectivity index (χ1v) is 8.94. The van der Waals surface area contributed by atoms with Crippen molar-refractivity contribution in [3.8, 4) is 11.5 Å². The van der Waals surface area contributed by atoms with Gasteiger partial charge in [0.05, 0.1) is 30.4 Å². The van der Waals surface area contributed by atoms with Gasteiger partial charge in [-0.1, -0.05) is 12.2 Å². The number of rotatable bonds is 1. The molecule has 146 valence electrons. The van der Waals surface area contributed by atoms with Crippen molar-refractivity contribution in [3.05, 3.63) is 29.8 Å². The zero-order valence-electron chi connectivity index (χ0n) is 16.4. The first kappa shape index (κ1) is 19.1. The van der Waals surface area contributed by atoms with E-state index in [-0.39, 0.29) is 29.5 Å². The van der Waals surface area contributed by atoms with Crippen LogP contribution in [0.1, 0.15) is 44.5 Å². The number of methoxy groups -OCH3 is 1. The van der Waals surface area contributed by atoms with Gasteiger partial charge in [0, 0.05) is 12.6 Å². The molecular formula is C20H26N2O5. The molecule has 2 amide bonds. The van der Waals surface area contributed by atoms with Gasteiger partial charge in [0.2, 0.25) is 0 Å². The minimum atomic E-state index is -0.694. The van der Waals surface area contributed by atoms with Crippen LogP contribution in [0.2, 0.25) is 0 Å². The Kier molecular flexibility index (Phi) is 4.57. The molecule has 0 bridgehead atoms. The van der Waals surface area contributed by atoms with Gasteiger partial charge in [0.15, 0.2) is 11.5 Å². The van der Waals surface area contributed by atoms with E-state index >= 15 is 0 Å². The molecule has 0 aliphatic carbocycles. The molecule has 0 saturated carbocycles. The molecule has 2 heterocycles. The second kappa shape index (κ2) is 6.48. The summed E-state index contributed by atoms with van der Waals surface area (Å²) in [5, 5.41) is 10.3. The van der Waals surface area contributed by atoms with Crippen LogP contribution in [0, 0.1) is 0 Å². The second-order valence-electron chi connectivity index (χ2n) is 8.09. The number of hydrogen-bond donors (Lipinski definition) is 1. The molecule has 2 aliphatic heterocycles. The van der Waals surface area contributed by atoms with Crippen molar-refractivity contribution < 1.29 is 24.2 Å². The Morgan fingerprint density at radius 2 is 2.00 bits per heavy atom. The number of aromatic hydroxyl groups is 1. The van der Waals surface area contributed by atoms with Gasteiger partial charge in [-0.3, -0.25) is 9.69 Å². The highest BCUT2D eigenvalue weighted by molar-refractivity contribution is 6.06. The molecule has 0 unspecified atom stereocenters. The van der Waals surface area contributed by atoms with E-state index in [2.05, 4.69) is 6.58 Å². The van der Waals surface area contributed by atoms with Crippen molar-refractivity contribution in [2.24, 2.45) is 0 Å². The molecule has 27 heavy (non-hydrogen) atoms. The van der Waals surface area contributed by atoms with Crippen molar-refractivity contribution in [3.63, 3.8) is 0 Å².